The predicted octanol–water partition coefficient (Wildman–Crippen LogP) is 4.21. The van der Waals surface area contributed by atoms with E-state index in [0.29, 0.717) is 12.5 Å². The molecule has 2 N–H and O–H groups in total. The predicted molar refractivity (Wildman–Crippen MR) is 90.5 cm³/mol. The molecule has 2 atom stereocenters. The SMILES string of the molecule is CC1Cc2ccccc2N(C(CN)c2cc(Br)cs2)C1. The first kappa shape index (κ1) is 14.1. The molecule has 0 spiro atoms. The summed E-state index contributed by atoms with van der Waals surface area (Å²) >= 11 is 5.33. The van der Waals surface area contributed by atoms with E-state index in [1.165, 1.54) is 16.1 Å². The van der Waals surface area contributed by atoms with Gasteiger partial charge in [0, 0.05) is 33.5 Å². The Morgan fingerprint density at radius 2 is 2.25 bits per heavy atom. The zero-order valence-electron chi connectivity index (χ0n) is 11.6. The zero-order valence-corrected chi connectivity index (χ0v) is 14.0. The average molecular weight is 351 g/mol. The first-order valence-corrected chi connectivity index (χ1v) is 8.65. The van der Waals surface area contributed by atoms with Crippen molar-refractivity contribution in [3.63, 3.8) is 0 Å². The Morgan fingerprint density at radius 3 is 2.95 bits per heavy atom. The molecule has 0 saturated heterocycles. The van der Waals surface area contributed by atoms with E-state index in [1.807, 2.05) is 0 Å². The van der Waals surface area contributed by atoms with Crippen molar-refractivity contribution in [3.8, 4) is 0 Å². The quantitative estimate of drug-likeness (QED) is 0.898. The number of hydrogen-bond acceptors (Lipinski definition) is 3. The number of hydrogen-bond donors (Lipinski definition) is 1. The number of thiophene rings is 1. The minimum Gasteiger partial charge on any atom is -0.362 e. The Balaban J connectivity index is 1.99. The molecular formula is C16H19BrN2S. The van der Waals surface area contributed by atoms with Gasteiger partial charge in [0.1, 0.15) is 0 Å². The third-order valence-electron chi connectivity index (χ3n) is 3.89. The Kier molecular flexibility index (Phi) is 4.15. The van der Waals surface area contributed by atoms with Crippen molar-refractivity contribution in [3.05, 3.63) is 50.6 Å². The molecule has 1 aliphatic heterocycles. The van der Waals surface area contributed by atoms with Gasteiger partial charge in [0.05, 0.1) is 6.04 Å². The smallest absolute Gasteiger partial charge is 0.0757 e. The van der Waals surface area contributed by atoms with E-state index >= 15 is 0 Å². The molecule has 0 aliphatic carbocycles. The lowest BCUT2D eigenvalue weighted by atomic mass is 9.92. The maximum absolute atomic E-state index is 6.10. The lowest BCUT2D eigenvalue weighted by Crippen LogP contribution is -2.40. The summed E-state index contributed by atoms with van der Waals surface area (Å²) in [5.41, 5.74) is 8.89. The molecule has 0 fully saturated rings. The molecule has 2 aromatic rings. The number of halogens is 1. The van der Waals surface area contributed by atoms with E-state index in [9.17, 15) is 0 Å². The highest BCUT2D eigenvalue weighted by molar-refractivity contribution is 9.10. The van der Waals surface area contributed by atoms with E-state index in [-0.39, 0.29) is 6.04 Å². The molecule has 4 heteroatoms. The van der Waals surface area contributed by atoms with Crippen LogP contribution in [0.5, 0.6) is 0 Å². The minimum atomic E-state index is 0.273. The summed E-state index contributed by atoms with van der Waals surface area (Å²) in [6, 6.07) is 11.2. The largest absolute Gasteiger partial charge is 0.362 e. The Bertz CT molecular complexity index is 596. The fourth-order valence-electron chi connectivity index (χ4n) is 3.03. The van der Waals surface area contributed by atoms with Crippen molar-refractivity contribution in [1.82, 2.24) is 0 Å². The summed E-state index contributed by atoms with van der Waals surface area (Å²) in [7, 11) is 0. The Labute approximate surface area is 132 Å². The van der Waals surface area contributed by atoms with E-state index < -0.39 is 0 Å². The lowest BCUT2D eigenvalue weighted by Gasteiger charge is -2.39. The fourth-order valence-corrected chi connectivity index (χ4v) is 4.60. The number of nitrogens with zero attached hydrogens (tertiary/aromatic N) is 1. The van der Waals surface area contributed by atoms with Crippen LogP contribution in [0.4, 0.5) is 5.69 Å². The van der Waals surface area contributed by atoms with Crippen LogP contribution in [-0.4, -0.2) is 13.1 Å². The second kappa shape index (κ2) is 5.88. The highest BCUT2D eigenvalue weighted by Crippen LogP contribution is 2.37. The molecular weight excluding hydrogens is 332 g/mol. The molecule has 106 valence electrons. The number of fused-ring (bicyclic) bond motifs is 1. The molecule has 3 rings (SSSR count). The summed E-state index contributed by atoms with van der Waals surface area (Å²) in [5.74, 6) is 0.669. The average Bonchev–Trinajstić information content (AvgIpc) is 2.86. The minimum absolute atomic E-state index is 0.273. The number of nitrogens with two attached hydrogens (primary N) is 1. The Hall–Kier alpha value is -0.840. The van der Waals surface area contributed by atoms with Crippen LogP contribution in [-0.2, 0) is 6.42 Å². The molecule has 0 amide bonds. The molecule has 2 heterocycles. The van der Waals surface area contributed by atoms with Crippen LogP contribution in [0.3, 0.4) is 0 Å². The highest BCUT2D eigenvalue weighted by Gasteiger charge is 2.28. The second-order valence-corrected chi connectivity index (χ2v) is 7.37. The standard InChI is InChI=1S/C16H19BrN2S/c1-11-6-12-4-2-3-5-14(12)19(9-11)15(8-18)16-7-13(17)10-20-16/h2-5,7,10-11,15H,6,8-9,18H2,1H3. The topological polar surface area (TPSA) is 29.3 Å². The van der Waals surface area contributed by atoms with Crippen LogP contribution in [0, 0.1) is 5.92 Å². The molecule has 20 heavy (non-hydrogen) atoms. The number of benzene rings is 1. The van der Waals surface area contributed by atoms with Crippen LogP contribution >= 0.6 is 27.3 Å². The van der Waals surface area contributed by atoms with E-state index in [1.54, 1.807) is 11.3 Å². The summed E-state index contributed by atoms with van der Waals surface area (Å²) in [6.45, 7) is 4.04. The summed E-state index contributed by atoms with van der Waals surface area (Å²) < 4.78 is 1.15. The van der Waals surface area contributed by atoms with Gasteiger partial charge < -0.3 is 10.6 Å². The molecule has 2 unspecified atom stereocenters. The first-order valence-electron chi connectivity index (χ1n) is 6.97. The zero-order chi connectivity index (χ0) is 14.1. The van der Waals surface area contributed by atoms with Gasteiger partial charge in [0.25, 0.3) is 0 Å². The molecule has 1 aromatic heterocycles. The Morgan fingerprint density at radius 1 is 1.45 bits per heavy atom. The number of rotatable bonds is 3. The molecule has 2 nitrogen and oxygen atoms in total. The van der Waals surface area contributed by atoms with Crippen molar-refractivity contribution >= 4 is 33.0 Å². The molecule has 0 saturated carbocycles. The van der Waals surface area contributed by atoms with Gasteiger partial charge in [-0.1, -0.05) is 25.1 Å². The monoisotopic (exact) mass is 350 g/mol. The number of anilines is 1. The number of para-hydroxylation sites is 1. The van der Waals surface area contributed by atoms with Crippen molar-refractivity contribution in [2.75, 3.05) is 18.0 Å². The van der Waals surface area contributed by atoms with Gasteiger partial charge in [0.2, 0.25) is 0 Å². The third kappa shape index (κ3) is 2.65. The summed E-state index contributed by atoms with van der Waals surface area (Å²) in [6.07, 6.45) is 1.16. The van der Waals surface area contributed by atoms with Gasteiger partial charge in [-0.25, -0.2) is 0 Å². The summed E-state index contributed by atoms with van der Waals surface area (Å²) in [4.78, 5) is 3.82. The van der Waals surface area contributed by atoms with E-state index in [4.69, 9.17) is 5.73 Å². The summed E-state index contributed by atoms with van der Waals surface area (Å²) in [5, 5.41) is 2.14. The van der Waals surface area contributed by atoms with Gasteiger partial charge in [-0.05, 0) is 46.0 Å². The van der Waals surface area contributed by atoms with Crippen molar-refractivity contribution in [1.29, 1.82) is 0 Å². The van der Waals surface area contributed by atoms with Crippen molar-refractivity contribution in [2.45, 2.75) is 19.4 Å². The third-order valence-corrected chi connectivity index (χ3v) is 5.69. The van der Waals surface area contributed by atoms with E-state index in [2.05, 4.69) is 63.5 Å². The normalized spacial score (nSPS) is 19.8. The van der Waals surface area contributed by atoms with Crippen molar-refractivity contribution < 1.29 is 0 Å². The van der Waals surface area contributed by atoms with Gasteiger partial charge >= 0.3 is 0 Å². The lowest BCUT2D eigenvalue weighted by molar-refractivity contribution is 0.493. The maximum atomic E-state index is 6.10. The van der Waals surface area contributed by atoms with Crippen LogP contribution in [0.15, 0.2) is 40.2 Å². The van der Waals surface area contributed by atoms with Crippen LogP contribution in [0.2, 0.25) is 0 Å². The maximum Gasteiger partial charge on any atom is 0.0757 e. The second-order valence-electron chi connectivity index (χ2n) is 5.51. The van der Waals surface area contributed by atoms with E-state index in [0.717, 1.165) is 17.4 Å². The van der Waals surface area contributed by atoms with Crippen molar-refractivity contribution in [2.24, 2.45) is 11.7 Å². The molecule has 1 aromatic carbocycles. The van der Waals surface area contributed by atoms with Gasteiger partial charge in [-0.2, -0.15) is 0 Å². The fraction of sp³-hybridized carbons (Fsp3) is 0.375. The van der Waals surface area contributed by atoms with Crippen LogP contribution in [0.25, 0.3) is 0 Å². The molecule has 1 aliphatic rings. The van der Waals surface area contributed by atoms with Gasteiger partial charge in [-0.15, -0.1) is 11.3 Å². The van der Waals surface area contributed by atoms with Gasteiger partial charge in [-0.3, -0.25) is 0 Å². The molecule has 0 bridgehead atoms. The van der Waals surface area contributed by atoms with Crippen LogP contribution in [0.1, 0.15) is 23.4 Å². The van der Waals surface area contributed by atoms with Crippen LogP contribution < -0.4 is 10.6 Å². The molecule has 0 radical (unpaired) electrons. The highest BCUT2D eigenvalue weighted by atomic mass is 79.9. The van der Waals surface area contributed by atoms with Gasteiger partial charge in [0.15, 0.2) is 0 Å². The first-order chi connectivity index (χ1) is 9.69.